The monoisotopic (exact) mass is 227 g/mol. The van der Waals surface area contributed by atoms with Crippen LogP contribution in [0.15, 0.2) is 30.3 Å². The van der Waals surface area contributed by atoms with Crippen molar-refractivity contribution in [2.45, 2.75) is 0 Å². The number of para-hydroxylation sites is 1. The molecule has 1 aromatic carbocycles. The first-order chi connectivity index (χ1) is 8.22. The van der Waals surface area contributed by atoms with Gasteiger partial charge in [0, 0.05) is 5.39 Å². The van der Waals surface area contributed by atoms with Gasteiger partial charge in [-0.3, -0.25) is 0 Å². The number of terminal acetylenes is 1. The molecule has 0 spiro atoms. The lowest BCUT2D eigenvalue weighted by molar-refractivity contribution is 0.0692. The maximum absolute atomic E-state index is 11.1. The van der Waals surface area contributed by atoms with E-state index >= 15 is 0 Å². The molecule has 0 unspecified atom stereocenters. The van der Waals surface area contributed by atoms with Crippen LogP contribution in [0.2, 0.25) is 0 Å². The van der Waals surface area contributed by atoms with Crippen molar-refractivity contribution in [3.8, 4) is 18.2 Å². The molecule has 0 aliphatic heterocycles. The average Bonchev–Trinajstić information content (AvgIpc) is 2.35. The molecule has 0 bridgehead atoms. The van der Waals surface area contributed by atoms with Crippen molar-refractivity contribution >= 4 is 16.9 Å². The molecule has 0 aliphatic rings. The van der Waals surface area contributed by atoms with Crippen LogP contribution in [0.1, 0.15) is 10.4 Å². The molecule has 2 aromatic rings. The molecule has 0 atom stereocenters. The Morgan fingerprint density at radius 2 is 2.24 bits per heavy atom. The van der Waals surface area contributed by atoms with Crippen molar-refractivity contribution in [2.24, 2.45) is 0 Å². The summed E-state index contributed by atoms with van der Waals surface area (Å²) in [6.07, 6.45) is 5.06. The summed E-state index contributed by atoms with van der Waals surface area (Å²) >= 11 is 0. The van der Waals surface area contributed by atoms with Crippen LogP contribution in [0.25, 0.3) is 10.9 Å². The Morgan fingerprint density at radius 3 is 2.94 bits per heavy atom. The van der Waals surface area contributed by atoms with Crippen molar-refractivity contribution in [1.29, 1.82) is 0 Å². The van der Waals surface area contributed by atoms with Crippen LogP contribution >= 0.6 is 0 Å². The molecular weight excluding hydrogens is 218 g/mol. The zero-order chi connectivity index (χ0) is 12.3. The second-order valence-electron chi connectivity index (χ2n) is 3.33. The fraction of sp³-hybridized carbons (Fsp3) is 0.0769. The third-order valence-electron chi connectivity index (χ3n) is 2.21. The van der Waals surface area contributed by atoms with Gasteiger partial charge in [0.2, 0.25) is 5.88 Å². The van der Waals surface area contributed by atoms with E-state index in [1.54, 1.807) is 12.1 Å². The lowest BCUT2D eigenvalue weighted by Gasteiger charge is -2.07. The van der Waals surface area contributed by atoms with Crippen LogP contribution in [0.5, 0.6) is 5.88 Å². The number of pyridine rings is 1. The highest BCUT2D eigenvalue weighted by Gasteiger charge is 2.14. The highest BCUT2D eigenvalue weighted by atomic mass is 16.5. The smallest absolute Gasteiger partial charge is 0.341 e. The van der Waals surface area contributed by atoms with E-state index in [0.717, 1.165) is 5.39 Å². The van der Waals surface area contributed by atoms with E-state index in [-0.39, 0.29) is 18.1 Å². The van der Waals surface area contributed by atoms with Crippen molar-refractivity contribution in [2.75, 3.05) is 6.61 Å². The summed E-state index contributed by atoms with van der Waals surface area (Å²) in [6, 6.07) is 8.73. The molecule has 0 fully saturated rings. The van der Waals surface area contributed by atoms with E-state index in [2.05, 4.69) is 10.9 Å². The van der Waals surface area contributed by atoms with Crippen LogP contribution in [0.3, 0.4) is 0 Å². The van der Waals surface area contributed by atoms with Gasteiger partial charge in [-0.2, -0.15) is 0 Å². The molecule has 4 nitrogen and oxygen atoms in total. The van der Waals surface area contributed by atoms with E-state index in [1.165, 1.54) is 6.07 Å². The largest absolute Gasteiger partial charge is 0.477 e. The maximum atomic E-state index is 11.1. The predicted molar refractivity (Wildman–Crippen MR) is 63.0 cm³/mol. The molecule has 0 radical (unpaired) electrons. The summed E-state index contributed by atoms with van der Waals surface area (Å²) in [5.74, 6) is 1.24. The highest BCUT2D eigenvalue weighted by molar-refractivity contribution is 5.95. The third-order valence-corrected chi connectivity index (χ3v) is 2.21. The fourth-order valence-electron chi connectivity index (χ4n) is 1.47. The minimum atomic E-state index is -1.09. The minimum absolute atomic E-state index is 0.00831. The van der Waals surface area contributed by atoms with E-state index in [0.29, 0.717) is 5.52 Å². The zero-order valence-electron chi connectivity index (χ0n) is 8.88. The molecule has 0 saturated heterocycles. The van der Waals surface area contributed by atoms with Gasteiger partial charge in [0.15, 0.2) is 6.61 Å². The number of hydrogen-bond acceptors (Lipinski definition) is 3. The van der Waals surface area contributed by atoms with Crippen LogP contribution < -0.4 is 4.74 Å². The molecule has 0 saturated carbocycles. The van der Waals surface area contributed by atoms with Gasteiger partial charge in [0.1, 0.15) is 5.56 Å². The maximum Gasteiger partial charge on any atom is 0.341 e. The van der Waals surface area contributed by atoms with Crippen molar-refractivity contribution in [3.63, 3.8) is 0 Å². The van der Waals surface area contributed by atoms with Gasteiger partial charge in [-0.25, -0.2) is 9.78 Å². The van der Waals surface area contributed by atoms with Gasteiger partial charge in [0.25, 0.3) is 0 Å². The lowest BCUT2D eigenvalue weighted by Crippen LogP contribution is -2.05. The molecule has 84 valence electrons. The van der Waals surface area contributed by atoms with Crippen LogP contribution in [-0.2, 0) is 0 Å². The van der Waals surface area contributed by atoms with Crippen LogP contribution in [0.4, 0.5) is 0 Å². The van der Waals surface area contributed by atoms with Crippen LogP contribution in [-0.4, -0.2) is 22.7 Å². The summed E-state index contributed by atoms with van der Waals surface area (Å²) in [7, 11) is 0. The summed E-state index contributed by atoms with van der Waals surface area (Å²) in [5, 5.41) is 9.80. The van der Waals surface area contributed by atoms with Crippen molar-refractivity contribution in [1.82, 2.24) is 4.98 Å². The number of hydrogen-bond donors (Lipinski definition) is 1. The molecule has 2 rings (SSSR count). The first-order valence-electron chi connectivity index (χ1n) is 4.91. The number of aromatic nitrogens is 1. The summed E-state index contributed by atoms with van der Waals surface area (Å²) in [4.78, 5) is 15.2. The molecule has 1 N–H and O–H groups in total. The Hall–Kier alpha value is -2.54. The number of benzene rings is 1. The summed E-state index contributed by atoms with van der Waals surface area (Å²) < 4.78 is 5.13. The van der Waals surface area contributed by atoms with Gasteiger partial charge in [-0.05, 0) is 12.1 Å². The number of ether oxygens (including phenoxy) is 1. The number of carboxylic acid groups (broad SMARTS) is 1. The Labute approximate surface area is 97.9 Å². The second kappa shape index (κ2) is 4.54. The number of nitrogens with zero attached hydrogens (tertiary/aromatic N) is 1. The quantitative estimate of drug-likeness (QED) is 0.814. The van der Waals surface area contributed by atoms with Crippen LogP contribution in [0, 0.1) is 12.3 Å². The van der Waals surface area contributed by atoms with Gasteiger partial charge in [-0.15, -0.1) is 6.42 Å². The van der Waals surface area contributed by atoms with E-state index in [4.69, 9.17) is 16.3 Å². The Balaban J connectivity index is 2.58. The third kappa shape index (κ3) is 2.18. The zero-order valence-corrected chi connectivity index (χ0v) is 8.88. The molecule has 0 aliphatic carbocycles. The number of aromatic carboxylic acids is 1. The van der Waals surface area contributed by atoms with Crippen molar-refractivity contribution < 1.29 is 14.6 Å². The topological polar surface area (TPSA) is 59.4 Å². The first-order valence-corrected chi connectivity index (χ1v) is 4.91. The number of rotatable bonds is 3. The molecule has 4 heteroatoms. The summed E-state index contributed by atoms with van der Waals surface area (Å²) in [5.41, 5.74) is 0.684. The van der Waals surface area contributed by atoms with E-state index in [1.807, 2.05) is 12.1 Å². The fourth-order valence-corrected chi connectivity index (χ4v) is 1.47. The molecule has 17 heavy (non-hydrogen) atoms. The van der Waals surface area contributed by atoms with E-state index in [9.17, 15) is 4.79 Å². The van der Waals surface area contributed by atoms with Crippen molar-refractivity contribution in [3.05, 3.63) is 35.9 Å². The molecule has 1 heterocycles. The Kier molecular flexibility index (Phi) is 2.93. The Bertz CT molecular complexity index is 614. The number of carbonyl (C=O) groups is 1. The van der Waals surface area contributed by atoms with Gasteiger partial charge < -0.3 is 9.84 Å². The average molecular weight is 227 g/mol. The van der Waals surface area contributed by atoms with E-state index < -0.39 is 5.97 Å². The highest BCUT2D eigenvalue weighted by Crippen LogP contribution is 2.22. The number of carboxylic acids is 1. The minimum Gasteiger partial charge on any atom is -0.477 e. The normalized spacial score (nSPS) is 9.82. The second-order valence-corrected chi connectivity index (χ2v) is 3.33. The standard InChI is InChI=1S/C13H9NO3/c1-2-7-17-12-10(13(15)16)8-9-5-3-4-6-11(9)14-12/h1,3-6,8H,7H2,(H,15,16). The predicted octanol–water partition coefficient (Wildman–Crippen LogP) is 1.95. The SMILES string of the molecule is C#CCOc1nc2ccccc2cc1C(=O)O. The lowest BCUT2D eigenvalue weighted by atomic mass is 10.1. The summed E-state index contributed by atoms with van der Waals surface area (Å²) in [6.45, 7) is -0.00831. The van der Waals surface area contributed by atoms with Gasteiger partial charge >= 0.3 is 5.97 Å². The molecular formula is C13H9NO3. The Morgan fingerprint density at radius 1 is 1.47 bits per heavy atom. The molecule has 1 aromatic heterocycles. The first kappa shape index (κ1) is 11.0. The van der Waals surface area contributed by atoms with Gasteiger partial charge in [-0.1, -0.05) is 24.1 Å². The molecule has 0 amide bonds. The number of fused-ring (bicyclic) bond motifs is 1. The van der Waals surface area contributed by atoms with Gasteiger partial charge in [0.05, 0.1) is 5.52 Å².